The first-order valence-corrected chi connectivity index (χ1v) is 7.64. The Balaban J connectivity index is 2.12. The van der Waals surface area contributed by atoms with Crippen LogP contribution in [0.5, 0.6) is 0 Å². The number of H-pyrrole nitrogens is 2. The molecule has 2 aromatic rings. The fraction of sp³-hybridized carbons (Fsp3) is 0.200. The van der Waals surface area contributed by atoms with Gasteiger partial charge in [-0.15, -0.1) is 0 Å². The molecule has 0 unspecified atom stereocenters. The zero-order valence-corrected chi connectivity index (χ0v) is 11.6. The summed E-state index contributed by atoms with van der Waals surface area (Å²) in [5.41, 5.74) is 0.180. The van der Waals surface area contributed by atoms with Gasteiger partial charge in [0.1, 0.15) is 11.6 Å². The van der Waals surface area contributed by atoms with Gasteiger partial charge in [-0.25, -0.2) is 18.3 Å². The molecule has 1 aromatic carbocycles. The predicted octanol–water partition coefficient (Wildman–Crippen LogP) is 0.975. The average Bonchev–Trinajstić information content (AvgIpc) is 2.66. The number of halogens is 1. The highest BCUT2D eigenvalue weighted by atomic mass is 79.9. The van der Waals surface area contributed by atoms with Gasteiger partial charge in [0.05, 0.1) is 5.75 Å². The first kappa shape index (κ1) is 13.0. The highest BCUT2D eigenvalue weighted by Crippen LogP contribution is 2.14. The van der Waals surface area contributed by atoms with E-state index in [2.05, 4.69) is 31.1 Å². The van der Waals surface area contributed by atoms with E-state index in [0.29, 0.717) is 5.56 Å². The first-order chi connectivity index (χ1) is 8.44. The smallest absolute Gasteiger partial charge is 0.292 e. The molecule has 0 bridgehead atoms. The van der Waals surface area contributed by atoms with Gasteiger partial charge in [0.25, 0.3) is 0 Å². The lowest BCUT2D eigenvalue weighted by Gasteiger charge is -2.02. The van der Waals surface area contributed by atoms with Crippen LogP contribution in [0.2, 0.25) is 0 Å². The van der Waals surface area contributed by atoms with Crippen LogP contribution in [-0.2, 0) is 21.3 Å². The summed E-state index contributed by atoms with van der Waals surface area (Å²) in [6.45, 7) is 0. The number of sulfone groups is 1. The van der Waals surface area contributed by atoms with E-state index < -0.39 is 15.5 Å². The van der Waals surface area contributed by atoms with Crippen molar-refractivity contribution in [2.24, 2.45) is 0 Å². The molecule has 0 spiro atoms. The third-order valence-corrected chi connectivity index (χ3v) is 4.22. The number of hydrogen-bond donors (Lipinski definition) is 2. The zero-order chi connectivity index (χ0) is 13.2. The second-order valence-corrected chi connectivity index (χ2v) is 6.76. The second-order valence-electron chi connectivity index (χ2n) is 3.78. The summed E-state index contributed by atoms with van der Waals surface area (Å²) in [6, 6.07) is 7.02. The third kappa shape index (κ3) is 3.54. The van der Waals surface area contributed by atoms with E-state index in [1.165, 1.54) is 0 Å². The lowest BCUT2D eigenvalue weighted by Crippen LogP contribution is -2.09. The van der Waals surface area contributed by atoms with Crippen molar-refractivity contribution >= 4 is 25.8 Å². The van der Waals surface area contributed by atoms with Crippen LogP contribution >= 0.6 is 15.9 Å². The van der Waals surface area contributed by atoms with Crippen LogP contribution < -0.4 is 5.69 Å². The number of hydrogen-bond acceptors (Lipinski definition) is 4. The summed E-state index contributed by atoms with van der Waals surface area (Å²) in [5.74, 6) is -0.256. The quantitative estimate of drug-likeness (QED) is 0.872. The minimum Gasteiger partial charge on any atom is -0.292 e. The Kier molecular flexibility index (Phi) is 3.67. The molecule has 1 heterocycles. The summed E-state index contributed by atoms with van der Waals surface area (Å²) >= 11 is 3.28. The summed E-state index contributed by atoms with van der Waals surface area (Å²) < 4.78 is 24.6. The van der Waals surface area contributed by atoms with Gasteiger partial charge in [-0.1, -0.05) is 28.1 Å². The molecule has 96 valence electrons. The van der Waals surface area contributed by atoms with Gasteiger partial charge in [0.15, 0.2) is 9.84 Å². The van der Waals surface area contributed by atoms with Crippen molar-refractivity contribution in [1.29, 1.82) is 0 Å². The number of nitrogens with zero attached hydrogens (tertiary/aromatic N) is 1. The van der Waals surface area contributed by atoms with E-state index in [0.717, 1.165) is 4.47 Å². The Labute approximate surface area is 111 Å². The Bertz CT molecular complexity index is 688. The average molecular weight is 332 g/mol. The maximum Gasteiger partial charge on any atom is 0.340 e. The first-order valence-electron chi connectivity index (χ1n) is 5.03. The van der Waals surface area contributed by atoms with Crippen molar-refractivity contribution in [2.45, 2.75) is 11.5 Å². The van der Waals surface area contributed by atoms with Crippen LogP contribution in [0, 0.1) is 0 Å². The van der Waals surface area contributed by atoms with E-state index in [1.54, 1.807) is 24.3 Å². The molecular formula is C10H10BrN3O3S. The Hall–Kier alpha value is -1.41. The molecule has 0 amide bonds. The van der Waals surface area contributed by atoms with E-state index in [4.69, 9.17) is 0 Å². The Morgan fingerprint density at radius 1 is 1.17 bits per heavy atom. The number of aromatic amines is 2. The van der Waals surface area contributed by atoms with E-state index >= 15 is 0 Å². The van der Waals surface area contributed by atoms with Crippen LogP contribution in [0.25, 0.3) is 0 Å². The highest BCUT2D eigenvalue weighted by Gasteiger charge is 2.15. The van der Waals surface area contributed by atoms with Gasteiger partial charge in [-0.05, 0) is 17.7 Å². The van der Waals surface area contributed by atoms with E-state index in [1.807, 2.05) is 0 Å². The molecule has 0 aliphatic carbocycles. The molecule has 18 heavy (non-hydrogen) atoms. The van der Waals surface area contributed by atoms with Crippen LogP contribution in [0.1, 0.15) is 11.4 Å². The standard InChI is InChI=1S/C10H10BrN3O3S/c11-8-3-1-7(2-4-8)5-18(16,17)6-9-12-10(15)14-13-9/h1-4H,5-6H2,(H2,12,13,14,15). The molecular weight excluding hydrogens is 322 g/mol. The molecule has 0 atom stereocenters. The number of aromatic nitrogens is 3. The van der Waals surface area contributed by atoms with Crippen molar-refractivity contribution < 1.29 is 8.42 Å². The van der Waals surface area contributed by atoms with Gasteiger partial charge in [-0.3, -0.25) is 4.98 Å². The fourth-order valence-corrected chi connectivity index (χ4v) is 3.09. The lowest BCUT2D eigenvalue weighted by atomic mass is 10.2. The topological polar surface area (TPSA) is 95.7 Å². The molecule has 2 rings (SSSR count). The Morgan fingerprint density at radius 3 is 2.39 bits per heavy atom. The molecule has 2 N–H and O–H groups in total. The molecule has 0 saturated carbocycles. The second kappa shape index (κ2) is 5.07. The summed E-state index contributed by atoms with van der Waals surface area (Å²) in [5, 5.41) is 5.71. The van der Waals surface area contributed by atoms with E-state index in [-0.39, 0.29) is 17.3 Å². The van der Waals surface area contributed by atoms with Crippen molar-refractivity contribution in [2.75, 3.05) is 0 Å². The summed E-state index contributed by atoms with van der Waals surface area (Å²) in [7, 11) is -3.36. The van der Waals surface area contributed by atoms with Crippen molar-refractivity contribution in [3.05, 3.63) is 50.6 Å². The molecule has 8 heteroatoms. The third-order valence-electron chi connectivity index (χ3n) is 2.21. The largest absolute Gasteiger partial charge is 0.340 e. The van der Waals surface area contributed by atoms with Crippen molar-refractivity contribution in [3.8, 4) is 0 Å². The van der Waals surface area contributed by atoms with Crippen LogP contribution in [0.4, 0.5) is 0 Å². The van der Waals surface area contributed by atoms with Gasteiger partial charge >= 0.3 is 5.69 Å². The predicted molar refractivity (Wildman–Crippen MR) is 69.7 cm³/mol. The molecule has 0 radical (unpaired) electrons. The maximum atomic E-state index is 11.9. The van der Waals surface area contributed by atoms with E-state index in [9.17, 15) is 13.2 Å². The normalized spacial score (nSPS) is 11.6. The van der Waals surface area contributed by atoms with Gasteiger partial charge in [0, 0.05) is 4.47 Å². The number of nitrogens with one attached hydrogen (secondary N) is 2. The number of benzene rings is 1. The van der Waals surface area contributed by atoms with Crippen LogP contribution in [0.3, 0.4) is 0 Å². The molecule has 0 fully saturated rings. The maximum absolute atomic E-state index is 11.9. The highest BCUT2D eigenvalue weighted by molar-refractivity contribution is 9.10. The molecule has 0 saturated heterocycles. The summed E-state index contributed by atoms with van der Waals surface area (Å²) in [4.78, 5) is 13.1. The van der Waals surface area contributed by atoms with Crippen molar-refractivity contribution in [3.63, 3.8) is 0 Å². The lowest BCUT2D eigenvalue weighted by molar-refractivity contribution is 0.593. The Morgan fingerprint density at radius 2 is 1.83 bits per heavy atom. The SMILES string of the molecule is O=c1[nH]nc(CS(=O)(=O)Cc2ccc(Br)cc2)[nH]1. The van der Waals surface area contributed by atoms with Crippen LogP contribution in [-0.4, -0.2) is 23.6 Å². The molecule has 0 aliphatic rings. The van der Waals surface area contributed by atoms with Crippen molar-refractivity contribution in [1.82, 2.24) is 15.2 Å². The molecule has 6 nitrogen and oxygen atoms in total. The van der Waals surface area contributed by atoms with Gasteiger partial charge in [-0.2, -0.15) is 5.10 Å². The monoisotopic (exact) mass is 331 g/mol. The van der Waals surface area contributed by atoms with Gasteiger partial charge < -0.3 is 0 Å². The summed E-state index contributed by atoms with van der Waals surface area (Å²) in [6.07, 6.45) is 0. The fourth-order valence-electron chi connectivity index (χ4n) is 1.47. The molecule has 1 aromatic heterocycles. The van der Waals surface area contributed by atoms with Crippen LogP contribution in [0.15, 0.2) is 33.5 Å². The molecule has 0 aliphatic heterocycles. The zero-order valence-electron chi connectivity index (χ0n) is 9.18. The minimum absolute atomic E-state index is 0.0881. The number of rotatable bonds is 4. The van der Waals surface area contributed by atoms with Gasteiger partial charge in [0.2, 0.25) is 0 Å². The minimum atomic E-state index is -3.36.